The van der Waals surface area contributed by atoms with Crippen molar-refractivity contribution in [3.8, 4) is 0 Å². The van der Waals surface area contributed by atoms with Crippen molar-refractivity contribution in [2.24, 2.45) is 17.8 Å². The highest BCUT2D eigenvalue weighted by Gasteiger charge is 2.28. The van der Waals surface area contributed by atoms with Crippen molar-refractivity contribution in [2.75, 3.05) is 26.4 Å². The second-order valence-corrected chi connectivity index (χ2v) is 6.66. The second kappa shape index (κ2) is 7.61. The third-order valence-corrected chi connectivity index (χ3v) is 4.65. The lowest BCUT2D eigenvalue weighted by atomic mass is 9.82. The van der Waals surface area contributed by atoms with Crippen molar-refractivity contribution in [3.63, 3.8) is 0 Å². The maximum Gasteiger partial charge on any atom is 0.0626 e. The monoisotopic (exact) mass is 269 g/mol. The zero-order valence-electron chi connectivity index (χ0n) is 12.9. The number of nitrogens with one attached hydrogen (secondary N) is 1. The Kier molecular flexibility index (Phi) is 6.11. The summed E-state index contributed by atoms with van der Waals surface area (Å²) in [4.78, 5) is 0. The Hall–Kier alpha value is -0.120. The summed E-state index contributed by atoms with van der Waals surface area (Å²) in [5, 5.41) is 3.58. The molecule has 0 aromatic carbocycles. The molecule has 0 amide bonds. The van der Waals surface area contributed by atoms with Gasteiger partial charge in [-0.15, -0.1) is 0 Å². The normalized spacial score (nSPS) is 37.4. The number of hydrogen-bond donors (Lipinski definition) is 1. The van der Waals surface area contributed by atoms with Gasteiger partial charge in [0.05, 0.1) is 19.3 Å². The zero-order valence-corrected chi connectivity index (χ0v) is 12.9. The molecule has 1 N–H and O–H groups in total. The molecule has 1 saturated carbocycles. The molecular formula is C16H31NO2. The van der Waals surface area contributed by atoms with Gasteiger partial charge in [0.15, 0.2) is 0 Å². The largest absolute Gasteiger partial charge is 0.381 e. The van der Waals surface area contributed by atoms with Gasteiger partial charge in [-0.25, -0.2) is 0 Å². The predicted molar refractivity (Wildman–Crippen MR) is 78.3 cm³/mol. The molecule has 2 rings (SSSR count). The molecular weight excluding hydrogens is 238 g/mol. The van der Waals surface area contributed by atoms with E-state index in [9.17, 15) is 0 Å². The minimum atomic E-state index is 0.472. The highest BCUT2D eigenvalue weighted by molar-refractivity contribution is 4.81. The van der Waals surface area contributed by atoms with E-state index in [0.29, 0.717) is 18.1 Å². The first-order valence-electron chi connectivity index (χ1n) is 8.11. The molecule has 0 spiro atoms. The van der Waals surface area contributed by atoms with Crippen LogP contribution in [0.25, 0.3) is 0 Å². The maximum atomic E-state index is 6.23. The lowest BCUT2D eigenvalue weighted by Crippen LogP contribution is -2.42. The van der Waals surface area contributed by atoms with E-state index in [0.717, 1.165) is 38.2 Å². The van der Waals surface area contributed by atoms with Crippen molar-refractivity contribution < 1.29 is 9.47 Å². The van der Waals surface area contributed by atoms with Gasteiger partial charge in [-0.2, -0.15) is 0 Å². The van der Waals surface area contributed by atoms with E-state index in [4.69, 9.17) is 9.47 Å². The molecule has 0 aromatic rings. The summed E-state index contributed by atoms with van der Waals surface area (Å²) in [5.74, 6) is 2.28. The summed E-state index contributed by atoms with van der Waals surface area (Å²) in [6, 6.07) is 0.472. The second-order valence-electron chi connectivity index (χ2n) is 6.66. The van der Waals surface area contributed by atoms with Crippen molar-refractivity contribution >= 4 is 0 Å². The van der Waals surface area contributed by atoms with Gasteiger partial charge >= 0.3 is 0 Å². The van der Waals surface area contributed by atoms with Crippen LogP contribution < -0.4 is 5.32 Å². The Morgan fingerprint density at radius 1 is 1.21 bits per heavy atom. The van der Waals surface area contributed by atoms with Crippen molar-refractivity contribution in [3.05, 3.63) is 0 Å². The third-order valence-electron chi connectivity index (χ3n) is 4.65. The molecule has 4 atom stereocenters. The van der Waals surface area contributed by atoms with Crippen molar-refractivity contribution in [1.29, 1.82) is 0 Å². The smallest absolute Gasteiger partial charge is 0.0626 e. The fourth-order valence-electron chi connectivity index (χ4n) is 3.74. The highest BCUT2D eigenvalue weighted by Crippen LogP contribution is 2.30. The SMILES string of the molecule is CCNC(COC1CC(C)CC(C)C1)C1CCOC1. The van der Waals surface area contributed by atoms with Gasteiger partial charge in [-0.3, -0.25) is 0 Å². The topological polar surface area (TPSA) is 30.5 Å². The molecule has 0 bridgehead atoms. The van der Waals surface area contributed by atoms with Crippen LogP contribution in [0.3, 0.4) is 0 Å². The molecule has 1 aliphatic heterocycles. The first-order chi connectivity index (χ1) is 9.19. The maximum absolute atomic E-state index is 6.23. The Morgan fingerprint density at radius 2 is 1.95 bits per heavy atom. The Bertz CT molecular complexity index is 243. The molecule has 4 unspecified atom stereocenters. The molecule has 0 aromatic heterocycles. The molecule has 0 radical (unpaired) electrons. The van der Waals surface area contributed by atoms with Gasteiger partial charge in [0.1, 0.15) is 0 Å². The van der Waals surface area contributed by atoms with Crippen LogP contribution in [-0.2, 0) is 9.47 Å². The summed E-state index contributed by atoms with van der Waals surface area (Å²) in [5.41, 5.74) is 0. The molecule has 112 valence electrons. The lowest BCUT2D eigenvalue weighted by molar-refractivity contribution is -0.0162. The lowest BCUT2D eigenvalue weighted by Gasteiger charge is -2.33. The van der Waals surface area contributed by atoms with E-state index in [1.165, 1.54) is 25.7 Å². The molecule has 2 fully saturated rings. The van der Waals surface area contributed by atoms with Gasteiger partial charge in [-0.1, -0.05) is 20.8 Å². The molecule has 19 heavy (non-hydrogen) atoms. The van der Waals surface area contributed by atoms with Crippen LogP contribution in [0.4, 0.5) is 0 Å². The molecule has 3 heteroatoms. The summed E-state index contributed by atoms with van der Waals surface area (Å²) < 4.78 is 11.7. The van der Waals surface area contributed by atoms with Gasteiger partial charge in [-0.05, 0) is 44.1 Å². The van der Waals surface area contributed by atoms with Crippen LogP contribution in [0.5, 0.6) is 0 Å². The van der Waals surface area contributed by atoms with Crippen molar-refractivity contribution in [1.82, 2.24) is 5.32 Å². The van der Waals surface area contributed by atoms with E-state index in [1.54, 1.807) is 0 Å². The number of hydrogen-bond acceptors (Lipinski definition) is 3. The third kappa shape index (κ3) is 4.73. The predicted octanol–water partition coefficient (Wildman–Crippen LogP) is 2.84. The highest BCUT2D eigenvalue weighted by atomic mass is 16.5. The first-order valence-corrected chi connectivity index (χ1v) is 8.11. The van der Waals surface area contributed by atoms with Gasteiger partial charge in [0, 0.05) is 18.6 Å². The molecule has 1 aliphatic carbocycles. The molecule has 1 saturated heterocycles. The fraction of sp³-hybridized carbons (Fsp3) is 1.00. The number of rotatable bonds is 6. The van der Waals surface area contributed by atoms with Crippen LogP contribution in [-0.4, -0.2) is 38.5 Å². The average Bonchev–Trinajstić information content (AvgIpc) is 2.87. The van der Waals surface area contributed by atoms with E-state index >= 15 is 0 Å². The van der Waals surface area contributed by atoms with Crippen LogP contribution >= 0.6 is 0 Å². The number of likely N-dealkylation sites (N-methyl/N-ethyl adjacent to an activating group) is 1. The van der Waals surface area contributed by atoms with E-state index in [1.807, 2.05) is 0 Å². The Morgan fingerprint density at radius 3 is 2.53 bits per heavy atom. The fourth-order valence-corrected chi connectivity index (χ4v) is 3.74. The average molecular weight is 269 g/mol. The summed E-state index contributed by atoms with van der Waals surface area (Å²) in [7, 11) is 0. The van der Waals surface area contributed by atoms with Crippen LogP contribution in [0.15, 0.2) is 0 Å². The van der Waals surface area contributed by atoms with E-state index < -0.39 is 0 Å². The first kappa shape index (κ1) is 15.3. The number of ether oxygens (including phenoxy) is 2. The van der Waals surface area contributed by atoms with E-state index in [-0.39, 0.29) is 0 Å². The molecule has 1 heterocycles. The summed E-state index contributed by atoms with van der Waals surface area (Å²) in [6.45, 7) is 10.6. The Labute approximate surface area is 118 Å². The summed E-state index contributed by atoms with van der Waals surface area (Å²) in [6.07, 6.45) is 5.50. The Balaban J connectivity index is 1.77. The summed E-state index contributed by atoms with van der Waals surface area (Å²) >= 11 is 0. The van der Waals surface area contributed by atoms with Gasteiger partial charge in [0.25, 0.3) is 0 Å². The van der Waals surface area contributed by atoms with E-state index in [2.05, 4.69) is 26.1 Å². The molecule has 3 nitrogen and oxygen atoms in total. The van der Waals surface area contributed by atoms with Crippen LogP contribution in [0.1, 0.15) is 46.5 Å². The zero-order chi connectivity index (χ0) is 13.7. The minimum absolute atomic E-state index is 0.472. The van der Waals surface area contributed by atoms with Crippen LogP contribution in [0.2, 0.25) is 0 Å². The van der Waals surface area contributed by atoms with Crippen LogP contribution in [0, 0.1) is 17.8 Å². The van der Waals surface area contributed by atoms with Crippen molar-refractivity contribution in [2.45, 2.75) is 58.6 Å². The molecule has 2 aliphatic rings. The van der Waals surface area contributed by atoms with Gasteiger partial charge in [0.2, 0.25) is 0 Å². The standard InChI is InChI=1S/C16H31NO2/c1-4-17-16(14-5-6-18-10-14)11-19-15-8-12(2)7-13(3)9-15/h12-17H,4-11H2,1-3H3. The van der Waals surface area contributed by atoms with Gasteiger partial charge < -0.3 is 14.8 Å². The minimum Gasteiger partial charge on any atom is -0.381 e. The quantitative estimate of drug-likeness (QED) is 0.804.